The van der Waals surface area contributed by atoms with Crippen molar-refractivity contribution in [3.63, 3.8) is 0 Å². The summed E-state index contributed by atoms with van der Waals surface area (Å²) < 4.78 is 14.3. The van der Waals surface area contributed by atoms with Gasteiger partial charge in [0.25, 0.3) is 0 Å². The van der Waals surface area contributed by atoms with Crippen LogP contribution in [0.2, 0.25) is 0 Å². The Morgan fingerprint density at radius 2 is 1.88 bits per heavy atom. The largest absolute Gasteiger partial charge is 0.454 e. The minimum Gasteiger partial charge on any atom is -0.454 e. The van der Waals surface area contributed by atoms with Crippen LogP contribution in [0.5, 0.6) is 11.5 Å². The number of pyridine rings is 1. The Labute approximate surface area is 148 Å². The second kappa shape index (κ2) is 5.57. The van der Waals surface area contributed by atoms with Gasteiger partial charge < -0.3 is 9.47 Å². The van der Waals surface area contributed by atoms with Crippen LogP contribution < -0.4 is 14.0 Å². The van der Waals surface area contributed by atoms with E-state index in [0.29, 0.717) is 0 Å². The maximum absolute atomic E-state index is 5.56. The van der Waals surface area contributed by atoms with Crippen LogP contribution in [0, 0.1) is 0 Å². The van der Waals surface area contributed by atoms with E-state index in [4.69, 9.17) is 9.47 Å². The molecule has 122 valence electrons. The number of fused-ring (bicyclic) bond motifs is 2. The summed E-state index contributed by atoms with van der Waals surface area (Å²) in [6, 6.07) is 16.7. The number of aromatic nitrogens is 2. The Bertz CT molecular complexity index is 1100. The van der Waals surface area contributed by atoms with Crippen LogP contribution in [-0.2, 0) is 7.05 Å². The highest BCUT2D eigenvalue weighted by Crippen LogP contribution is 2.38. The highest BCUT2D eigenvalue weighted by molar-refractivity contribution is 7.16. The van der Waals surface area contributed by atoms with Gasteiger partial charge in [-0.2, -0.15) is 0 Å². The van der Waals surface area contributed by atoms with Gasteiger partial charge in [0.15, 0.2) is 17.7 Å². The van der Waals surface area contributed by atoms with Crippen LogP contribution >= 0.6 is 11.3 Å². The monoisotopic (exact) mass is 347 g/mol. The molecule has 1 aliphatic rings. The first-order valence-electron chi connectivity index (χ1n) is 8.02. The molecule has 1 aliphatic heterocycles. The minimum absolute atomic E-state index is 0.286. The third-order valence-electron chi connectivity index (χ3n) is 4.47. The molecule has 0 radical (unpaired) electrons. The van der Waals surface area contributed by atoms with E-state index in [9.17, 15) is 0 Å². The molecule has 0 saturated heterocycles. The van der Waals surface area contributed by atoms with E-state index in [-0.39, 0.29) is 6.79 Å². The van der Waals surface area contributed by atoms with E-state index in [1.54, 1.807) is 11.3 Å². The topological polar surface area (TPSA) is 35.2 Å². The Morgan fingerprint density at radius 3 is 2.84 bits per heavy atom. The Balaban J connectivity index is 1.72. The molecule has 0 spiro atoms. The van der Waals surface area contributed by atoms with Gasteiger partial charge in [-0.15, -0.1) is 11.3 Å². The van der Waals surface area contributed by atoms with E-state index >= 15 is 0 Å². The van der Waals surface area contributed by atoms with Gasteiger partial charge >= 0.3 is 0 Å². The number of ether oxygens (including phenoxy) is 2. The molecule has 0 fully saturated rings. The Kier molecular flexibility index (Phi) is 3.21. The summed E-state index contributed by atoms with van der Waals surface area (Å²) in [5.74, 6) is 1.60. The summed E-state index contributed by atoms with van der Waals surface area (Å²) in [6.07, 6.45) is 2.06. The maximum atomic E-state index is 5.56. The minimum atomic E-state index is 0.286. The van der Waals surface area contributed by atoms with E-state index in [2.05, 4.69) is 59.2 Å². The van der Waals surface area contributed by atoms with Crippen LogP contribution in [0.25, 0.3) is 32.6 Å². The van der Waals surface area contributed by atoms with Crippen molar-refractivity contribution >= 4 is 21.6 Å². The molecule has 2 aromatic carbocycles. The molecule has 0 aliphatic carbocycles. The average Bonchev–Trinajstić information content (AvgIpc) is 3.29. The number of aryl methyl sites for hydroxylation is 1. The summed E-state index contributed by atoms with van der Waals surface area (Å²) in [5.41, 5.74) is 7.54. The smallest absolute Gasteiger partial charge is 0.231 e. The molecule has 0 N–H and O–H groups in total. The van der Waals surface area contributed by atoms with Crippen LogP contribution in [-0.4, -0.2) is 11.8 Å². The molecule has 5 rings (SSSR count). The lowest BCUT2D eigenvalue weighted by atomic mass is 9.98. The molecule has 5 heteroatoms. The van der Waals surface area contributed by atoms with E-state index in [0.717, 1.165) is 28.3 Å². The summed E-state index contributed by atoms with van der Waals surface area (Å²) in [6.45, 7) is 0.286. The standard InChI is InChI=1S/C20H15N2O2S/c1-22-8-2-3-15(13-4-6-16-19(10-13)25-11-21-16)20(22)14-5-7-17-18(9-14)24-12-23-17/h2-11H,12H2,1H3/q+1. The quantitative estimate of drug-likeness (QED) is 0.510. The highest BCUT2D eigenvalue weighted by atomic mass is 32.1. The zero-order valence-electron chi connectivity index (χ0n) is 13.6. The number of rotatable bonds is 2. The molecule has 3 heterocycles. The number of thiazole rings is 1. The van der Waals surface area contributed by atoms with Crippen molar-refractivity contribution in [1.29, 1.82) is 0 Å². The molecule has 0 saturated carbocycles. The van der Waals surface area contributed by atoms with Crippen molar-refractivity contribution in [2.45, 2.75) is 0 Å². The van der Waals surface area contributed by atoms with Crippen molar-refractivity contribution in [1.82, 2.24) is 4.98 Å². The molecule has 0 unspecified atom stereocenters. The van der Waals surface area contributed by atoms with Crippen molar-refractivity contribution < 1.29 is 14.0 Å². The second-order valence-corrected chi connectivity index (χ2v) is 6.87. The highest BCUT2D eigenvalue weighted by Gasteiger charge is 2.21. The van der Waals surface area contributed by atoms with Crippen molar-refractivity contribution in [3.05, 3.63) is 60.2 Å². The third kappa shape index (κ3) is 2.36. The fourth-order valence-electron chi connectivity index (χ4n) is 3.27. The fraction of sp³-hybridized carbons (Fsp3) is 0.100. The first-order chi connectivity index (χ1) is 12.3. The average molecular weight is 347 g/mol. The van der Waals surface area contributed by atoms with Crippen LogP contribution in [0.4, 0.5) is 0 Å². The first kappa shape index (κ1) is 14.4. The third-order valence-corrected chi connectivity index (χ3v) is 5.26. The normalized spacial score (nSPS) is 12.7. The van der Waals surface area contributed by atoms with Crippen LogP contribution in [0.1, 0.15) is 0 Å². The second-order valence-electron chi connectivity index (χ2n) is 5.98. The Hall–Kier alpha value is -2.92. The fourth-order valence-corrected chi connectivity index (χ4v) is 3.99. The van der Waals surface area contributed by atoms with Gasteiger partial charge in [0.2, 0.25) is 12.5 Å². The molecule has 2 aromatic heterocycles. The lowest BCUT2D eigenvalue weighted by Gasteiger charge is -2.08. The molecular formula is C20H15N2O2S+. The molecule has 25 heavy (non-hydrogen) atoms. The van der Waals surface area contributed by atoms with Gasteiger partial charge in [-0.1, -0.05) is 6.07 Å². The summed E-state index contributed by atoms with van der Waals surface area (Å²) >= 11 is 1.66. The number of hydrogen-bond donors (Lipinski definition) is 0. The zero-order valence-corrected chi connectivity index (χ0v) is 14.4. The van der Waals surface area contributed by atoms with Crippen molar-refractivity contribution in [2.75, 3.05) is 6.79 Å². The van der Waals surface area contributed by atoms with Gasteiger partial charge in [-0.25, -0.2) is 9.55 Å². The van der Waals surface area contributed by atoms with Gasteiger partial charge in [-0.05, 0) is 42.0 Å². The molecule has 4 nitrogen and oxygen atoms in total. The summed E-state index contributed by atoms with van der Waals surface area (Å²) in [4.78, 5) is 4.37. The SMILES string of the molecule is C[n+]1cccc(-c2ccc3ncsc3c2)c1-c1ccc2c(c1)OCO2. The number of benzene rings is 2. The molecular weight excluding hydrogens is 332 g/mol. The lowest BCUT2D eigenvalue weighted by Crippen LogP contribution is -2.30. The lowest BCUT2D eigenvalue weighted by molar-refractivity contribution is -0.660. The number of hydrogen-bond acceptors (Lipinski definition) is 4. The van der Waals surface area contributed by atoms with E-state index in [1.807, 2.05) is 17.6 Å². The van der Waals surface area contributed by atoms with Gasteiger partial charge in [-0.3, -0.25) is 0 Å². The number of nitrogens with zero attached hydrogens (tertiary/aromatic N) is 2. The predicted octanol–water partition coefficient (Wildman–Crippen LogP) is 4.18. The first-order valence-corrected chi connectivity index (χ1v) is 8.90. The molecule has 0 atom stereocenters. The molecule has 0 amide bonds. The van der Waals surface area contributed by atoms with Gasteiger partial charge in [0.05, 0.1) is 26.9 Å². The maximum Gasteiger partial charge on any atom is 0.231 e. The molecule has 0 bridgehead atoms. The van der Waals surface area contributed by atoms with E-state index in [1.165, 1.54) is 15.8 Å². The van der Waals surface area contributed by atoms with Crippen molar-refractivity contribution in [2.24, 2.45) is 7.05 Å². The summed E-state index contributed by atoms with van der Waals surface area (Å²) in [5, 5.41) is 0. The zero-order chi connectivity index (χ0) is 16.8. The van der Waals surface area contributed by atoms with Crippen LogP contribution in [0.15, 0.2) is 60.2 Å². The van der Waals surface area contributed by atoms with Crippen molar-refractivity contribution in [3.8, 4) is 33.9 Å². The summed E-state index contributed by atoms with van der Waals surface area (Å²) in [7, 11) is 2.06. The Morgan fingerprint density at radius 1 is 1.00 bits per heavy atom. The van der Waals surface area contributed by atoms with E-state index < -0.39 is 0 Å². The predicted molar refractivity (Wildman–Crippen MR) is 97.8 cm³/mol. The van der Waals surface area contributed by atoms with Gasteiger partial charge in [0, 0.05) is 6.07 Å². The molecule has 4 aromatic rings. The van der Waals surface area contributed by atoms with Crippen LogP contribution in [0.3, 0.4) is 0 Å². The van der Waals surface area contributed by atoms with Gasteiger partial charge in [0.1, 0.15) is 7.05 Å².